The molecule has 0 spiro atoms. The monoisotopic (exact) mass is 456 g/mol. The number of aromatic nitrogens is 2. The Labute approximate surface area is 191 Å². The number of rotatable bonds is 7. The van der Waals surface area contributed by atoms with Crippen LogP contribution in [0.4, 0.5) is 19.0 Å². The first kappa shape index (κ1) is 23.0. The Morgan fingerprint density at radius 3 is 2.36 bits per heavy atom. The molecule has 0 fully saturated rings. The van der Waals surface area contributed by atoms with E-state index in [9.17, 15) is 18.0 Å². The molecule has 3 atom stereocenters. The molecule has 4 rings (SSSR count). The van der Waals surface area contributed by atoms with Gasteiger partial charge in [0.25, 0.3) is 0 Å². The lowest BCUT2D eigenvalue weighted by atomic mass is 9.95. The molecule has 2 heterocycles. The van der Waals surface area contributed by atoms with E-state index in [2.05, 4.69) is 10.4 Å². The maximum Gasteiger partial charge on any atom is 0.410 e. The molecule has 1 aliphatic heterocycles. The SMILES string of the molecule is CN(C)C(CCC(=O)c1cnn2c1N[C@@H](c1ccccc1)C[C@H]2C(F)(F)F)c1ccccc1. The lowest BCUT2D eigenvalue weighted by Gasteiger charge is -2.34. The molecule has 1 aliphatic rings. The van der Waals surface area contributed by atoms with Crippen molar-refractivity contribution < 1.29 is 18.0 Å². The second-order valence-electron chi connectivity index (χ2n) is 8.60. The van der Waals surface area contributed by atoms with Crippen molar-refractivity contribution in [3.05, 3.63) is 83.6 Å². The Kier molecular flexibility index (Phi) is 6.56. The molecule has 1 aromatic heterocycles. The minimum absolute atomic E-state index is 0.0227. The minimum Gasteiger partial charge on any atom is -0.363 e. The van der Waals surface area contributed by atoms with Crippen molar-refractivity contribution in [1.82, 2.24) is 14.7 Å². The molecular weight excluding hydrogens is 429 g/mol. The first-order chi connectivity index (χ1) is 15.8. The van der Waals surface area contributed by atoms with Gasteiger partial charge in [-0.25, -0.2) is 4.68 Å². The number of carbonyl (C=O) groups excluding carboxylic acids is 1. The number of hydrogen-bond donors (Lipinski definition) is 1. The lowest BCUT2D eigenvalue weighted by Crippen LogP contribution is -2.36. The molecule has 1 unspecified atom stereocenters. The van der Waals surface area contributed by atoms with Gasteiger partial charge in [-0.3, -0.25) is 4.79 Å². The smallest absolute Gasteiger partial charge is 0.363 e. The zero-order valence-corrected chi connectivity index (χ0v) is 18.6. The summed E-state index contributed by atoms with van der Waals surface area (Å²) in [7, 11) is 3.90. The van der Waals surface area contributed by atoms with Crippen molar-refractivity contribution in [1.29, 1.82) is 0 Å². The summed E-state index contributed by atoms with van der Waals surface area (Å²) < 4.78 is 42.5. The Morgan fingerprint density at radius 1 is 1.12 bits per heavy atom. The number of nitrogens with one attached hydrogen (secondary N) is 1. The zero-order valence-electron chi connectivity index (χ0n) is 18.6. The summed E-state index contributed by atoms with van der Waals surface area (Å²) in [6, 6.07) is 16.5. The molecular formula is C25H27F3N4O. The van der Waals surface area contributed by atoms with E-state index >= 15 is 0 Å². The number of anilines is 1. The van der Waals surface area contributed by atoms with Gasteiger partial charge in [0, 0.05) is 18.9 Å². The molecule has 0 aliphatic carbocycles. The number of Topliss-reactive ketones (excluding diaryl/α,β-unsaturated/α-hetero) is 1. The summed E-state index contributed by atoms with van der Waals surface area (Å²) in [4.78, 5) is 15.2. The number of ketones is 1. The number of nitrogens with zero attached hydrogens (tertiary/aromatic N) is 3. The van der Waals surface area contributed by atoms with Gasteiger partial charge in [0.05, 0.1) is 17.8 Å². The van der Waals surface area contributed by atoms with Gasteiger partial charge in [0.1, 0.15) is 5.82 Å². The molecule has 5 nitrogen and oxygen atoms in total. The summed E-state index contributed by atoms with van der Waals surface area (Å²) in [6.45, 7) is 0. The first-order valence-corrected chi connectivity index (χ1v) is 11.0. The van der Waals surface area contributed by atoms with Crippen molar-refractivity contribution in [2.24, 2.45) is 0 Å². The molecule has 2 aromatic carbocycles. The number of hydrogen-bond acceptors (Lipinski definition) is 4. The minimum atomic E-state index is -4.47. The van der Waals surface area contributed by atoms with Gasteiger partial charge in [0.2, 0.25) is 0 Å². The number of carbonyl (C=O) groups is 1. The summed E-state index contributed by atoms with van der Waals surface area (Å²) in [5, 5.41) is 7.13. The van der Waals surface area contributed by atoms with Crippen LogP contribution in [0.15, 0.2) is 66.9 Å². The first-order valence-electron chi connectivity index (χ1n) is 11.0. The van der Waals surface area contributed by atoms with Gasteiger partial charge in [-0.2, -0.15) is 18.3 Å². The van der Waals surface area contributed by atoms with E-state index in [1.165, 1.54) is 6.20 Å². The van der Waals surface area contributed by atoms with Gasteiger partial charge in [-0.05, 0) is 31.6 Å². The average Bonchev–Trinajstić information content (AvgIpc) is 3.23. The molecule has 33 heavy (non-hydrogen) atoms. The fourth-order valence-electron chi connectivity index (χ4n) is 4.47. The molecule has 1 N–H and O–H groups in total. The summed E-state index contributed by atoms with van der Waals surface area (Å²) >= 11 is 0. The number of benzene rings is 2. The van der Waals surface area contributed by atoms with E-state index in [-0.39, 0.29) is 36.0 Å². The summed E-state index contributed by atoms with van der Waals surface area (Å²) in [5.41, 5.74) is 2.04. The van der Waals surface area contributed by atoms with Crippen LogP contribution in [-0.4, -0.2) is 40.7 Å². The standard InChI is InChI=1S/C25H27F3N4O/c1-31(2)21(18-11-7-4-8-12-18)13-14-22(33)19-16-29-32-23(25(26,27)28)15-20(30-24(19)32)17-9-5-3-6-10-17/h3-12,16,20-21,23,30H,13-15H2,1-2H3/t20-,21?,23+/m1/s1. The van der Waals surface area contributed by atoms with Crippen LogP contribution in [0.3, 0.4) is 0 Å². The van der Waals surface area contributed by atoms with Gasteiger partial charge in [-0.1, -0.05) is 60.7 Å². The highest BCUT2D eigenvalue weighted by Gasteiger charge is 2.47. The van der Waals surface area contributed by atoms with E-state index in [0.717, 1.165) is 15.8 Å². The van der Waals surface area contributed by atoms with Gasteiger partial charge >= 0.3 is 6.18 Å². The molecule has 0 saturated carbocycles. The third-order valence-corrected chi connectivity index (χ3v) is 6.19. The van der Waals surface area contributed by atoms with Crippen LogP contribution in [0.1, 0.15) is 58.9 Å². The third kappa shape index (κ3) is 4.95. The predicted molar refractivity (Wildman–Crippen MR) is 121 cm³/mol. The van der Waals surface area contributed by atoms with Crippen LogP contribution >= 0.6 is 0 Å². The Morgan fingerprint density at radius 2 is 1.76 bits per heavy atom. The van der Waals surface area contributed by atoms with Crippen molar-refractivity contribution in [2.45, 2.75) is 43.6 Å². The van der Waals surface area contributed by atoms with Crippen LogP contribution in [0.5, 0.6) is 0 Å². The maximum atomic E-state index is 13.9. The molecule has 3 aromatic rings. The van der Waals surface area contributed by atoms with E-state index in [1.807, 2.05) is 55.4 Å². The molecule has 0 amide bonds. The van der Waals surface area contributed by atoms with E-state index in [1.54, 1.807) is 24.3 Å². The lowest BCUT2D eigenvalue weighted by molar-refractivity contribution is -0.173. The van der Waals surface area contributed by atoms with Crippen molar-refractivity contribution >= 4 is 11.6 Å². The summed E-state index contributed by atoms with van der Waals surface area (Å²) in [5.74, 6) is -0.0790. The van der Waals surface area contributed by atoms with Crippen molar-refractivity contribution in [2.75, 3.05) is 19.4 Å². The maximum absolute atomic E-state index is 13.9. The molecule has 8 heteroatoms. The fourth-order valence-corrected chi connectivity index (χ4v) is 4.47. The van der Waals surface area contributed by atoms with Gasteiger partial charge in [0.15, 0.2) is 11.8 Å². The topological polar surface area (TPSA) is 50.2 Å². The van der Waals surface area contributed by atoms with Crippen molar-refractivity contribution in [3.63, 3.8) is 0 Å². The van der Waals surface area contributed by atoms with Gasteiger partial charge < -0.3 is 10.2 Å². The van der Waals surface area contributed by atoms with E-state index in [4.69, 9.17) is 0 Å². The molecule has 0 radical (unpaired) electrons. The number of alkyl halides is 3. The Bertz CT molecular complexity index is 1080. The van der Waals surface area contributed by atoms with Crippen LogP contribution in [0.25, 0.3) is 0 Å². The highest BCUT2D eigenvalue weighted by atomic mass is 19.4. The second kappa shape index (κ2) is 9.39. The highest BCUT2D eigenvalue weighted by molar-refractivity contribution is 6.00. The Balaban J connectivity index is 1.59. The number of halogens is 3. The van der Waals surface area contributed by atoms with Gasteiger partial charge in [-0.15, -0.1) is 0 Å². The van der Waals surface area contributed by atoms with Crippen LogP contribution < -0.4 is 5.32 Å². The van der Waals surface area contributed by atoms with E-state index in [0.29, 0.717) is 6.42 Å². The predicted octanol–water partition coefficient (Wildman–Crippen LogP) is 5.81. The van der Waals surface area contributed by atoms with Crippen molar-refractivity contribution in [3.8, 4) is 0 Å². The Hall–Kier alpha value is -3.13. The molecule has 174 valence electrons. The highest BCUT2D eigenvalue weighted by Crippen LogP contribution is 2.44. The summed E-state index contributed by atoms with van der Waals surface area (Å²) in [6.07, 6.45) is -2.65. The quantitative estimate of drug-likeness (QED) is 0.456. The normalized spacial score (nSPS) is 19.1. The van der Waals surface area contributed by atoms with Crippen LogP contribution in [0.2, 0.25) is 0 Å². The average molecular weight is 457 g/mol. The second-order valence-corrected chi connectivity index (χ2v) is 8.60. The zero-order chi connectivity index (χ0) is 23.6. The van der Waals surface area contributed by atoms with Crippen LogP contribution in [-0.2, 0) is 0 Å². The third-order valence-electron chi connectivity index (χ3n) is 6.19. The molecule has 0 bridgehead atoms. The van der Waals surface area contributed by atoms with Crippen LogP contribution in [0, 0.1) is 0 Å². The largest absolute Gasteiger partial charge is 0.410 e. The fraction of sp³-hybridized carbons (Fsp3) is 0.360. The number of fused-ring (bicyclic) bond motifs is 1. The molecule has 0 saturated heterocycles. The van der Waals surface area contributed by atoms with E-state index < -0.39 is 18.3 Å².